The van der Waals surface area contributed by atoms with E-state index in [2.05, 4.69) is 5.32 Å². The van der Waals surface area contributed by atoms with Gasteiger partial charge in [0.25, 0.3) is 0 Å². The average molecular weight is 324 g/mol. The quantitative estimate of drug-likeness (QED) is 0.701. The highest BCUT2D eigenvalue weighted by Gasteiger charge is 2.38. The largest absolute Gasteiger partial charge is 0.354 e. The van der Waals surface area contributed by atoms with Gasteiger partial charge in [0.2, 0.25) is 17.7 Å². The van der Waals surface area contributed by atoms with Gasteiger partial charge in [-0.15, -0.1) is 0 Å². The predicted molar refractivity (Wildman–Crippen MR) is 86.4 cm³/mol. The molecule has 0 aliphatic carbocycles. The molecule has 130 valence electrons. The molecule has 0 bridgehead atoms. The van der Waals surface area contributed by atoms with Crippen molar-refractivity contribution in [3.8, 4) is 0 Å². The number of carbonyl (C=O) groups excluding carboxylic acids is 3. The summed E-state index contributed by atoms with van der Waals surface area (Å²) in [6, 6.07) is 0.0313. The molecule has 3 amide bonds. The van der Waals surface area contributed by atoms with Gasteiger partial charge in [-0.25, -0.2) is 0 Å². The molecule has 2 rings (SSSR count). The average Bonchev–Trinajstić information content (AvgIpc) is 2.94. The summed E-state index contributed by atoms with van der Waals surface area (Å²) in [6.45, 7) is 4.63. The molecular weight excluding hydrogens is 296 g/mol. The van der Waals surface area contributed by atoms with Gasteiger partial charge in [-0.05, 0) is 26.2 Å². The van der Waals surface area contributed by atoms with Crippen LogP contribution in [0.25, 0.3) is 0 Å². The fourth-order valence-electron chi connectivity index (χ4n) is 3.43. The van der Waals surface area contributed by atoms with Gasteiger partial charge in [0.1, 0.15) is 0 Å². The molecule has 0 spiro atoms. The van der Waals surface area contributed by atoms with Crippen LogP contribution in [0.4, 0.5) is 0 Å². The first kappa shape index (κ1) is 17.7. The van der Waals surface area contributed by atoms with Crippen LogP contribution in [0, 0.1) is 5.92 Å². The number of hydrogen-bond acceptors (Lipinski definition) is 4. The van der Waals surface area contributed by atoms with E-state index in [9.17, 15) is 14.4 Å². The molecular formula is C16H28N4O3. The molecule has 7 nitrogen and oxygen atoms in total. The molecule has 2 fully saturated rings. The third-order valence-corrected chi connectivity index (χ3v) is 4.76. The number of piperidine rings is 1. The first-order valence-corrected chi connectivity index (χ1v) is 8.61. The van der Waals surface area contributed by atoms with Crippen LogP contribution in [0.2, 0.25) is 0 Å². The van der Waals surface area contributed by atoms with E-state index in [0.717, 1.165) is 19.3 Å². The van der Waals surface area contributed by atoms with Crippen molar-refractivity contribution in [2.24, 2.45) is 11.7 Å². The van der Waals surface area contributed by atoms with Crippen molar-refractivity contribution in [3.63, 3.8) is 0 Å². The van der Waals surface area contributed by atoms with Crippen LogP contribution in [0.3, 0.4) is 0 Å². The minimum atomic E-state index is -0.234. The molecule has 2 aliphatic rings. The summed E-state index contributed by atoms with van der Waals surface area (Å²) >= 11 is 0. The van der Waals surface area contributed by atoms with Gasteiger partial charge in [0, 0.05) is 51.6 Å². The lowest BCUT2D eigenvalue weighted by atomic mass is 9.98. The van der Waals surface area contributed by atoms with E-state index < -0.39 is 0 Å². The number of rotatable bonds is 6. The van der Waals surface area contributed by atoms with E-state index in [0.29, 0.717) is 45.6 Å². The molecule has 0 aromatic rings. The fourth-order valence-corrected chi connectivity index (χ4v) is 3.43. The zero-order valence-corrected chi connectivity index (χ0v) is 13.9. The molecule has 23 heavy (non-hydrogen) atoms. The highest BCUT2D eigenvalue weighted by molar-refractivity contribution is 5.89. The molecule has 3 N–H and O–H groups in total. The summed E-state index contributed by atoms with van der Waals surface area (Å²) < 4.78 is 0. The monoisotopic (exact) mass is 324 g/mol. The van der Waals surface area contributed by atoms with Crippen LogP contribution < -0.4 is 11.1 Å². The Morgan fingerprint density at radius 1 is 1.35 bits per heavy atom. The van der Waals surface area contributed by atoms with Crippen molar-refractivity contribution in [2.75, 3.05) is 32.7 Å². The van der Waals surface area contributed by atoms with Gasteiger partial charge in [0.15, 0.2) is 0 Å². The summed E-state index contributed by atoms with van der Waals surface area (Å²) in [4.78, 5) is 39.9. The number of carbonyl (C=O) groups is 3. The van der Waals surface area contributed by atoms with Crippen LogP contribution in [-0.2, 0) is 14.4 Å². The molecule has 2 saturated heterocycles. The van der Waals surface area contributed by atoms with Crippen LogP contribution in [-0.4, -0.2) is 66.3 Å². The Kier molecular flexibility index (Phi) is 6.38. The van der Waals surface area contributed by atoms with Crippen molar-refractivity contribution in [2.45, 2.75) is 45.1 Å². The number of likely N-dealkylation sites (tertiary alicyclic amines) is 2. The lowest BCUT2D eigenvalue weighted by molar-refractivity contribution is -0.139. The summed E-state index contributed by atoms with van der Waals surface area (Å²) in [5.74, 6) is -0.177. The maximum absolute atomic E-state index is 12.8. The topological polar surface area (TPSA) is 95.7 Å². The van der Waals surface area contributed by atoms with E-state index in [1.54, 1.807) is 4.90 Å². The first-order valence-electron chi connectivity index (χ1n) is 8.61. The first-order chi connectivity index (χ1) is 11.1. The summed E-state index contributed by atoms with van der Waals surface area (Å²) in [5, 5.41) is 2.87. The molecule has 0 aromatic heterocycles. The summed E-state index contributed by atoms with van der Waals surface area (Å²) in [5.41, 5.74) is 5.37. The van der Waals surface area contributed by atoms with Gasteiger partial charge in [-0.2, -0.15) is 0 Å². The van der Waals surface area contributed by atoms with Crippen molar-refractivity contribution in [1.82, 2.24) is 15.1 Å². The number of nitrogens with zero attached hydrogens (tertiary/aromatic N) is 2. The highest BCUT2D eigenvalue weighted by atomic mass is 16.2. The molecule has 0 saturated carbocycles. The molecule has 7 heteroatoms. The predicted octanol–water partition coefficient (Wildman–Crippen LogP) is -0.299. The van der Waals surface area contributed by atoms with Gasteiger partial charge in [0.05, 0.1) is 5.92 Å². The van der Waals surface area contributed by atoms with Gasteiger partial charge >= 0.3 is 0 Å². The van der Waals surface area contributed by atoms with Gasteiger partial charge in [-0.3, -0.25) is 14.4 Å². The lowest BCUT2D eigenvalue weighted by Gasteiger charge is -2.37. The minimum absolute atomic E-state index is 0.0313. The maximum atomic E-state index is 12.8. The SMILES string of the molecule is CCN1CC(C(=O)N2CCCCC2CNC(=O)CCN)CC1=O. The third kappa shape index (κ3) is 4.43. The van der Waals surface area contributed by atoms with Crippen molar-refractivity contribution in [3.05, 3.63) is 0 Å². The molecule has 2 unspecified atom stereocenters. The number of hydrogen-bond donors (Lipinski definition) is 2. The van der Waals surface area contributed by atoms with E-state index in [1.165, 1.54) is 0 Å². The number of nitrogens with one attached hydrogen (secondary N) is 1. The second-order valence-corrected chi connectivity index (χ2v) is 6.36. The molecule has 2 heterocycles. The molecule has 0 aromatic carbocycles. The second kappa shape index (κ2) is 8.29. The number of nitrogens with two attached hydrogens (primary N) is 1. The minimum Gasteiger partial charge on any atom is -0.354 e. The highest BCUT2D eigenvalue weighted by Crippen LogP contribution is 2.24. The maximum Gasteiger partial charge on any atom is 0.228 e. The third-order valence-electron chi connectivity index (χ3n) is 4.76. The van der Waals surface area contributed by atoms with Gasteiger partial charge in [-0.1, -0.05) is 0 Å². The molecule has 0 radical (unpaired) electrons. The Labute approximate surface area is 137 Å². The van der Waals surface area contributed by atoms with Gasteiger partial charge < -0.3 is 20.9 Å². The number of amides is 3. The zero-order chi connectivity index (χ0) is 16.8. The lowest BCUT2D eigenvalue weighted by Crippen LogP contribution is -2.51. The van der Waals surface area contributed by atoms with E-state index in [-0.39, 0.29) is 29.7 Å². The summed E-state index contributed by atoms with van der Waals surface area (Å²) in [6.07, 6.45) is 3.56. The van der Waals surface area contributed by atoms with E-state index in [4.69, 9.17) is 5.73 Å². The van der Waals surface area contributed by atoms with Crippen LogP contribution >= 0.6 is 0 Å². The van der Waals surface area contributed by atoms with Crippen LogP contribution in [0.5, 0.6) is 0 Å². The van der Waals surface area contributed by atoms with Crippen molar-refractivity contribution < 1.29 is 14.4 Å². The molecule has 2 aliphatic heterocycles. The van der Waals surface area contributed by atoms with Crippen molar-refractivity contribution in [1.29, 1.82) is 0 Å². The smallest absolute Gasteiger partial charge is 0.228 e. The fraction of sp³-hybridized carbons (Fsp3) is 0.812. The van der Waals surface area contributed by atoms with Crippen LogP contribution in [0.15, 0.2) is 0 Å². The Morgan fingerprint density at radius 3 is 2.78 bits per heavy atom. The van der Waals surface area contributed by atoms with Crippen LogP contribution in [0.1, 0.15) is 39.0 Å². The second-order valence-electron chi connectivity index (χ2n) is 6.36. The van der Waals surface area contributed by atoms with Crippen molar-refractivity contribution >= 4 is 17.7 Å². The zero-order valence-electron chi connectivity index (χ0n) is 13.9. The van der Waals surface area contributed by atoms with E-state index in [1.807, 2.05) is 11.8 Å². The normalized spacial score (nSPS) is 24.9. The summed E-state index contributed by atoms with van der Waals surface area (Å²) in [7, 11) is 0. The Bertz CT molecular complexity index is 455. The standard InChI is InChI=1S/C16H28N4O3/c1-2-19-11-12(9-15(19)22)16(23)20-8-4-3-5-13(20)10-18-14(21)6-7-17/h12-13H,2-11,17H2,1H3,(H,18,21). The Morgan fingerprint density at radius 2 is 2.13 bits per heavy atom. The van der Waals surface area contributed by atoms with E-state index >= 15 is 0 Å². The Balaban J connectivity index is 1.93. The molecule has 2 atom stereocenters. The Hall–Kier alpha value is -1.63.